The molecule has 1 unspecified atom stereocenters. The van der Waals surface area contributed by atoms with Crippen LogP contribution in [0.1, 0.15) is 11.7 Å². The maximum atomic E-state index is 10.5. The number of ether oxygens (including phenoxy) is 1. The van der Waals surface area contributed by atoms with Gasteiger partial charge in [-0.1, -0.05) is 18.2 Å². The van der Waals surface area contributed by atoms with Gasteiger partial charge in [0.05, 0.1) is 19.8 Å². The van der Waals surface area contributed by atoms with Gasteiger partial charge in [-0.3, -0.25) is 9.69 Å². The molecule has 1 rings (SSSR count). The van der Waals surface area contributed by atoms with E-state index < -0.39 is 12.1 Å². The molecule has 0 aliphatic heterocycles. The first kappa shape index (κ1) is 13.5. The predicted molar refractivity (Wildman–Crippen MR) is 63.1 cm³/mol. The summed E-state index contributed by atoms with van der Waals surface area (Å²) in [6.45, 7) is 0.138. The van der Waals surface area contributed by atoms with E-state index in [1.54, 1.807) is 30.1 Å². The van der Waals surface area contributed by atoms with Crippen molar-refractivity contribution >= 4 is 5.97 Å². The number of aliphatic hydroxyl groups excluding tert-OH is 1. The molecule has 0 amide bonds. The van der Waals surface area contributed by atoms with E-state index in [0.717, 1.165) is 0 Å². The Bertz CT molecular complexity index is 381. The number of likely N-dealkylation sites (N-methyl/N-ethyl adjacent to an activating group) is 1. The van der Waals surface area contributed by atoms with E-state index in [-0.39, 0.29) is 13.1 Å². The van der Waals surface area contributed by atoms with Crippen molar-refractivity contribution in [1.82, 2.24) is 4.90 Å². The van der Waals surface area contributed by atoms with E-state index >= 15 is 0 Å². The SMILES string of the molecule is COc1ccccc1C(O)CN(C)CC(=O)O. The van der Waals surface area contributed by atoms with Gasteiger partial charge in [0.1, 0.15) is 5.75 Å². The van der Waals surface area contributed by atoms with Gasteiger partial charge in [-0.25, -0.2) is 0 Å². The summed E-state index contributed by atoms with van der Waals surface area (Å²) in [5, 5.41) is 18.6. The number of carbonyl (C=O) groups is 1. The highest BCUT2D eigenvalue weighted by molar-refractivity contribution is 5.69. The average molecular weight is 239 g/mol. The Morgan fingerprint density at radius 1 is 1.47 bits per heavy atom. The van der Waals surface area contributed by atoms with E-state index in [1.807, 2.05) is 6.07 Å². The number of methoxy groups -OCH3 is 1. The quantitative estimate of drug-likeness (QED) is 0.766. The molecule has 1 aromatic rings. The lowest BCUT2D eigenvalue weighted by Gasteiger charge is -2.20. The molecular weight excluding hydrogens is 222 g/mol. The first-order valence-electron chi connectivity index (χ1n) is 5.26. The van der Waals surface area contributed by atoms with Crippen LogP contribution >= 0.6 is 0 Å². The van der Waals surface area contributed by atoms with Gasteiger partial charge >= 0.3 is 5.97 Å². The molecular formula is C12H17NO4. The number of rotatable bonds is 6. The van der Waals surface area contributed by atoms with Gasteiger partial charge in [0.2, 0.25) is 0 Å². The smallest absolute Gasteiger partial charge is 0.317 e. The van der Waals surface area contributed by atoms with Crippen LogP contribution in [0.3, 0.4) is 0 Å². The fourth-order valence-corrected chi connectivity index (χ4v) is 1.63. The summed E-state index contributed by atoms with van der Waals surface area (Å²) in [4.78, 5) is 12.0. The number of nitrogens with zero attached hydrogens (tertiary/aromatic N) is 1. The number of benzene rings is 1. The summed E-state index contributed by atoms with van der Waals surface area (Å²) in [6.07, 6.45) is -0.768. The summed E-state index contributed by atoms with van der Waals surface area (Å²) >= 11 is 0. The van der Waals surface area contributed by atoms with Crippen LogP contribution < -0.4 is 4.74 Å². The van der Waals surface area contributed by atoms with Gasteiger partial charge < -0.3 is 14.9 Å². The van der Waals surface area contributed by atoms with Gasteiger partial charge in [-0.2, -0.15) is 0 Å². The lowest BCUT2D eigenvalue weighted by molar-refractivity contribution is -0.138. The Morgan fingerprint density at radius 2 is 2.12 bits per heavy atom. The van der Waals surface area contributed by atoms with Crippen LogP contribution in [-0.4, -0.2) is 48.3 Å². The van der Waals surface area contributed by atoms with Gasteiger partial charge in [-0.15, -0.1) is 0 Å². The second-order valence-electron chi connectivity index (χ2n) is 3.85. The molecule has 5 heteroatoms. The number of hydrogen-bond donors (Lipinski definition) is 2. The van der Waals surface area contributed by atoms with Crippen molar-refractivity contribution in [2.24, 2.45) is 0 Å². The first-order chi connectivity index (χ1) is 8.04. The highest BCUT2D eigenvalue weighted by Gasteiger charge is 2.15. The standard InChI is InChI=1S/C12H17NO4/c1-13(8-12(15)16)7-10(14)9-5-3-4-6-11(9)17-2/h3-6,10,14H,7-8H2,1-2H3,(H,15,16). The molecule has 0 saturated heterocycles. The molecule has 94 valence electrons. The number of carboxylic acid groups (broad SMARTS) is 1. The molecule has 1 atom stereocenters. The molecule has 0 aliphatic rings. The number of carboxylic acids is 1. The number of aliphatic hydroxyl groups is 1. The third-order valence-electron chi connectivity index (χ3n) is 2.39. The molecule has 0 heterocycles. The maximum absolute atomic E-state index is 10.5. The lowest BCUT2D eigenvalue weighted by Crippen LogP contribution is -2.30. The molecule has 0 aliphatic carbocycles. The second kappa shape index (κ2) is 6.22. The minimum atomic E-state index is -0.917. The van der Waals surface area contributed by atoms with Gasteiger partial charge in [-0.05, 0) is 13.1 Å². The molecule has 5 nitrogen and oxygen atoms in total. The third-order valence-corrected chi connectivity index (χ3v) is 2.39. The Hall–Kier alpha value is -1.59. The Labute approximate surface area is 100 Å². The maximum Gasteiger partial charge on any atom is 0.317 e. The molecule has 0 fully saturated rings. The zero-order valence-electron chi connectivity index (χ0n) is 9.96. The normalized spacial score (nSPS) is 12.5. The summed E-state index contributed by atoms with van der Waals surface area (Å²) < 4.78 is 5.13. The fourth-order valence-electron chi connectivity index (χ4n) is 1.63. The lowest BCUT2D eigenvalue weighted by atomic mass is 10.1. The van der Waals surface area contributed by atoms with Crippen LogP contribution in [-0.2, 0) is 4.79 Å². The van der Waals surface area contributed by atoms with Crippen molar-refractivity contribution in [2.75, 3.05) is 27.2 Å². The summed E-state index contributed by atoms with van der Waals surface area (Å²) in [7, 11) is 3.18. The van der Waals surface area contributed by atoms with Gasteiger partial charge in [0.15, 0.2) is 0 Å². The van der Waals surface area contributed by atoms with Gasteiger partial charge in [0, 0.05) is 12.1 Å². The highest BCUT2D eigenvalue weighted by atomic mass is 16.5. The van der Waals surface area contributed by atoms with E-state index in [4.69, 9.17) is 9.84 Å². The largest absolute Gasteiger partial charge is 0.496 e. The van der Waals surface area contributed by atoms with Crippen molar-refractivity contribution in [3.05, 3.63) is 29.8 Å². The Kier molecular flexibility index (Phi) is 4.93. The summed E-state index contributed by atoms with van der Waals surface area (Å²) in [5.41, 5.74) is 0.659. The van der Waals surface area contributed by atoms with E-state index in [1.165, 1.54) is 7.11 Å². The average Bonchev–Trinajstić information content (AvgIpc) is 2.27. The van der Waals surface area contributed by atoms with Crippen molar-refractivity contribution < 1.29 is 19.7 Å². The molecule has 0 spiro atoms. The van der Waals surface area contributed by atoms with Crippen LogP contribution in [0.4, 0.5) is 0 Å². The molecule has 2 N–H and O–H groups in total. The van der Waals surface area contributed by atoms with E-state index in [2.05, 4.69) is 0 Å². The zero-order chi connectivity index (χ0) is 12.8. The Morgan fingerprint density at radius 3 is 2.71 bits per heavy atom. The minimum absolute atomic E-state index is 0.105. The van der Waals surface area contributed by atoms with Gasteiger partial charge in [0.25, 0.3) is 0 Å². The van der Waals surface area contributed by atoms with Crippen molar-refractivity contribution in [3.8, 4) is 5.75 Å². The number of aliphatic carboxylic acids is 1. The van der Waals surface area contributed by atoms with Crippen molar-refractivity contribution in [1.29, 1.82) is 0 Å². The summed E-state index contributed by atoms with van der Waals surface area (Å²) in [6, 6.07) is 7.14. The molecule has 1 aromatic carbocycles. The number of para-hydroxylation sites is 1. The molecule has 0 bridgehead atoms. The topological polar surface area (TPSA) is 70.0 Å². The predicted octanol–water partition coefficient (Wildman–Crippen LogP) is 0.745. The molecule has 0 radical (unpaired) electrons. The van der Waals surface area contributed by atoms with Crippen LogP contribution in [0.25, 0.3) is 0 Å². The third kappa shape index (κ3) is 4.05. The number of hydrogen-bond acceptors (Lipinski definition) is 4. The van der Waals surface area contributed by atoms with Crippen LogP contribution in [0.5, 0.6) is 5.75 Å². The highest BCUT2D eigenvalue weighted by Crippen LogP contribution is 2.24. The molecule has 0 saturated carbocycles. The Balaban J connectivity index is 2.69. The summed E-state index contributed by atoms with van der Waals surface area (Å²) in [5.74, 6) is -0.316. The monoisotopic (exact) mass is 239 g/mol. The fraction of sp³-hybridized carbons (Fsp3) is 0.417. The van der Waals surface area contributed by atoms with Crippen LogP contribution in [0, 0.1) is 0 Å². The molecule has 17 heavy (non-hydrogen) atoms. The van der Waals surface area contributed by atoms with E-state index in [9.17, 15) is 9.90 Å². The van der Waals surface area contributed by atoms with Crippen molar-refractivity contribution in [2.45, 2.75) is 6.10 Å². The first-order valence-corrected chi connectivity index (χ1v) is 5.26. The minimum Gasteiger partial charge on any atom is -0.496 e. The van der Waals surface area contributed by atoms with Crippen LogP contribution in [0.15, 0.2) is 24.3 Å². The van der Waals surface area contributed by atoms with Crippen LogP contribution in [0.2, 0.25) is 0 Å². The van der Waals surface area contributed by atoms with Crippen molar-refractivity contribution in [3.63, 3.8) is 0 Å². The van der Waals surface area contributed by atoms with E-state index in [0.29, 0.717) is 11.3 Å². The molecule has 0 aromatic heterocycles. The second-order valence-corrected chi connectivity index (χ2v) is 3.85. The zero-order valence-corrected chi connectivity index (χ0v) is 9.96.